The van der Waals surface area contributed by atoms with Gasteiger partial charge in [0.1, 0.15) is 11.6 Å². The van der Waals surface area contributed by atoms with Crippen LogP contribution in [0.25, 0.3) is 0 Å². The zero-order valence-corrected chi connectivity index (χ0v) is 10.2. The van der Waals surface area contributed by atoms with Crippen molar-refractivity contribution in [1.82, 2.24) is 10.2 Å². The first-order valence-corrected chi connectivity index (χ1v) is 5.91. The van der Waals surface area contributed by atoms with Gasteiger partial charge in [0.05, 0.1) is 0 Å². The van der Waals surface area contributed by atoms with Gasteiger partial charge < -0.3 is 10.2 Å². The molecule has 94 valence electrons. The van der Waals surface area contributed by atoms with E-state index in [0.717, 1.165) is 19.5 Å². The second-order valence-corrected chi connectivity index (χ2v) is 4.83. The number of benzene rings is 1. The van der Waals surface area contributed by atoms with Crippen LogP contribution < -0.4 is 5.32 Å². The molecule has 0 spiro atoms. The number of rotatable bonds is 3. The Morgan fingerprint density at radius 1 is 1.35 bits per heavy atom. The maximum atomic E-state index is 13.8. The molecule has 0 bridgehead atoms. The average Bonchev–Trinajstić information content (AvgIpc) is 2.76. The van der Waals surface area contributed by atoms with Crippen LogP contribution in [0.4, 0.5) is 8.78 Å². The molecule has 1 saturated heterocycles. The van der Waals surface area contributed by atoms with Crippen molar-refractivity contribution in [3.05, 3.63) is 35.4 Å². The SMILES string of the molecule is CN(C)C(c1cc(F)ccc1F)C1CCNC1. The molecule has 4 heteroatoms. The summed E-state index contributed by atoms with van der Waals surface area (Å²) in [5, 5.41) is 3.27. The van der Waals surface area contributed by atoms with Crippen molar-refractivity contribution >= 4 is 0 Å². The lowest BCUT2D eigenvalue weighted by Gasteiger charge is -2.30. The summed E-state index contributed by atoms with van der Waals surface area (Å²) < 4.78 is 27.1. The molecule has 1 N–H and O–H groups in total. The van der Waals surface area contributed by atoms with Gasteiger partial charge in [0.15, 0.2) is 0 Å². The number of nitrogens with one attached hydrogen (secondary N) is 1. The third kappa shape index (κ3) is 2.64. The van der Waals surface area contributed by atoms with Crippen molar-refractivity contribution in [2.45, 2.75) is 12.5 Å². The van der Waals surface area contributed by atoms with Crippen LogP contribution >= 0.6 is 0 Å². The maximum Gasteiger partial charge on any atom is 0.128 e. The van der Waals surface area contributed by atoms with Crippen molar-refractivity contribution in [1.29, 1.82) is 0 Å². The molecule has 17 heavy (non-hydrogen) atoms. The number of nitrogens with zero attached hydrogens (tertiary/aromatic N) is 1. The van der Waals surface area contributed by atoms with Crippen LogP contribution in [0.1, 0.15) is 18.0 Å². The molecule has 0 amide bonds. The predicted molar refractivity (Wildman–Crippen MR) is 63.8 cm³/mol. The van der Waals surface area contributed by atoms with Crippen molar-refractivity contribution in [3.8, 4) is 0 Å². The van der Waals surface area contributed by atoms with Crippen molar-refractivity contribution in [3.63, 3.8) is 0 Å². The minimum Gasteiger partial charge on any atom is -0.316 e. The van der Waals surface area contributed by atoms with Gasteiger partial charge in [-0.15, -0.1) is 0 Å². The highest BCUT2D eigenvalue weighted by atomic mass is 19.1. The monoisotopic (exact) mass is 240 g/mol. The first-order chi connectivity index (χ1) is 8.09. The van der Waals surface area contributed by atoms with Crippen LogP contribution in [-0.4, -0.2) is 32.1 Å². The Kier molecular flexibility index (Phi) is 3.74. The molecule has 1 fully saturated rings. The molecule has 2 rings (SSSR count). The van der Waals surface area contributed by atoms with Crippen LogP contribution in [-0.2, 0) is 0 Å². The van der Waals surface area contributed by atoms with Gasteiger partial charge in [-0.25, -0.2) is 8.78 Å². The summed E-state index contributed by atoms with van der Waals surface area (Å²) in [5.41, 5.74) is 0.462. The molecular formula is C13H18F2N2. The highest BCUT2D eigenvalue weighted by Gasteiger charge is 2.29. The van der Waals surface area contributed by atoms with Gasteiger partial charge in [0.25, 0.3) is 0 Å². The Morgan fingerprint density at radius 3 is 2.71 bits per heavy atom. The van der Waals surface area contributed by atoms with Gasteiger partial charge in [-0.05, 0) is 57.7 Å². The molecule has 2 atom stereocenters. The van der Waals surface area contributed by atoms with Gasteiger partial charge >= 0.3 is 0 Å². The van der Waals surface area contributed by atoms with E-state index in [1.165, 1.54) is 18.2 Å². The van der Waals surface area contributed by atoms with Gasteiger partial charge in [-0.2, -0.15) is 0 Å². The lowest BCUT2D eigenvalue weighted by molar-refractivity contribution is 0.217. The molecule has 1 aromatic rings. The van der Waals surface area contributed by atoms with Crippen LogP contribution in [0.2, 0.25) is 0 Å². The molecule has 0 aromatic heterocycles. The number of hydrogen-bond donors (Lipinski definition) is 1. The highest BCUT2D eigenvalue weighted by Crippen LogP contribution is 2.32. The standard InChI is InChI=1S/C13H18F2N2/c1-17(2)13(9-5-6-16-8-9)11-7-10(14)3-4-12(11)15/h3-4,7,9,13,16H,5-6,8H2,1-2H3. The topological polar surface area (TPSA) is 15.3 Å². The average molecular weight is 240 g/mol. The molecule has 1 aromatic carbocycles. The summed E-state index contributed by atoms with van der Waals surface area (Å²) in [5.74, 6) is -0.363. The van der Waals surface area contributed by atoms with E-state index in [1.807, 2.05) is 19.0 Å². The van der Waals surface area contributed by atoms with Crippen molar-refractivity contribution < 1.29 is 8.78 Å². The second kappa shape index (κ2) is 5.10. The molecule has 0 radical (unpaired) electrons. The van der Waals surface area contributed by atoms with Gasteiger partial charge in [0.2, 0.25) is 0 Å². The Balaban J connectivity index is 2.34. The lowest BCUT2D eigenvalue weighted by atomic mass is 9.91. The van der Waals surface area contributed by atoms with Gasteiger partial charge in [-0.3, -0.25) is 0 Å². The van der Waals surface area contributed by atoms with Gasteiger partial charge in [0, 0.05) is 11.6 Å². The van der Waals surface area contributed by atoms with E-state index in [2.05, 4.69) is 5.32 Å². The molecule has 2 nitrogen and oxygen atoms in total. The molecule has 1 aliphatic rings. The summed E-state index contributed by atoms with van der Waals surface area (Å²) in [6.45, 7) is 1.81. The first kappa shape index (κ1) is 12.5. The van der Waals surface area contributed by atoms with Crippen LogP contribution in [0, 0.1) is 17.6 Å². The zero-order valence-electron chi connectivity index (χ0n) is 10.2. The fourth-order valence-corrected chi connectivity index (χ4v) is 2.64. The molecule has 0 saturated carbocycles. The van der Waals surface area contributed by atoms with E-state index in [0.29, 0.717) is 11.5 Å². The molecule has 1 aliphatic heterocycles. The first-order valence-electron chi connectivity index (χ1n) is 5.91. The number of halogens is 2. The normalized spacial score (nSPS) is 22.1. The van der Waals surface area contributed by atoms with E-state index < -0.39 is 0 Å². The minimum atomic E-state index is -0.376. The maximum absolute atomic E-state index is 13.8. The Bertz CT molecular complexity index is 387. The summed E-state index contributed by atoms with van der Waals surface area (Å²) in [7, 11) is 3.82. The quantitative estimate of drug-likeness (QED) is 0.871. The van der Waals surface area contributed by atoms with Crippen LogP contribution in [0.3, 0.4) is 0 Å². The Morgan fingerprint density at radius 2 is 2.12 bits per heavy atom. The van der Waals surface area contributed by atoms with Crippen molar-refractivity contribution in [2.75, 3.05) is 27.2 Å². The minimum absolute atomic E-state index is 0.0688. The summed E-state index contributed by atoms with van der Waals surface area (Å²) in [4.78, 5) is 1.97. The molecule has 2 unspecified atom stereocenters. The smallest absolute Gasteiger partial charge is 0.128 e. The molecular weight excluding hydrogens is 222 g/mol. The van der Waals surface area contributed by atoms with E-state index >= 15 is 0 Å². The fraction of sp³-hybridized carbons (Fsp3) is 0.538. The van der Waals surface area contributed by atoms with Gasteiger partial charge in [-0.1, -0.05) is 0 Å². The Hall–Kier alpha value is -1.00. The van der Waals surface area contributed by atoms with E-state index in [4.69, 9.17) is 0 Å². The Labute approximate surface area is 101 Å². The van der Waals surface area contributed by atoms with Crippen LogP contribution in [0.5, 0.6) is 0 Å². The molecule has 0 aliphatic carbocycles. The van der Waals surface area contributed by atoms with E-state index in [9.17, 15) is 8.78 Å². The largest absolute Gasteiger partial charge is 0.316 e. The molecule has 1 heterocycles. The van der Waals surface area contributed by atoms with E-state index in [1.54, 1.807) is 0 Å². The van der Waals surface area contributed by atoms with E-state index in [-0.39, 0.29) is 17.7 Å². The zero-order chi connectivity index (χ0) is 12.4. The summed E-state index contributed by atoms with van der Waals surface area (Å²) in [6, 6.07) is 3.63. The highest BCUT2D eigenvalue weighted by molar-refractivity contribution is 5.23. The second-order valence-electron chi connectivity index (χ2n) is 4.83. The van der Waals surface area contributed by atoms with Crippen molar-refractivity contribution in [2.24, 2.45) is 5.92 Å². The van der Waals surface area contributed by atoms with Crippen LogP contribution in [0.15, 0.2) is 18.2 Å². The summed E-state index contributed by atoms with van der Waals surface area (Å²) >= 11 is 0. The number of hydrogen-bond acceptors (Lipinski definition) is 2. The summed E-state index contributed by atoms with van der Waals surface area (Å²) in [6.07, 6.45) is 0.999. The predicted octanol–water partition coefficient (Wildman–Crippen LogP) is 2.18. The third-order valence-corrected chi connectivity index (χ3v) is 3.38. The third-order valence-electron chi connectivity index (χ3n) is 3.38. The lowest BCUT2D eigenvalue weighted by Crippen LogP contribution is -2.29. The fourth-order valence-electron chi connectivity index (χ4n) is 2.64.